The van der Waals surface area contributed by atoms with E-state index < -0.39 is 12.2 Å². The highest BCUT2D eigenvalue weighted by Gasteiger charge is 2.45. The molecule has 5 nitrogen and oxygen atoms in total. The van der Waals surface area contributed by atoms with Crippen LogP contribution in [0.3, 0.4) is 0 Å². The second-order valence-electron chi connectivity index (χ2n) is 6.56. The second-order valence-corrected chi connectivity index (χ2v) is 6.56. The molecule has 0 saturated carbocycles. The Morgan fingerprint density at radius 1 is 1.27 bits per heavy atom. The van der Waals surface area contributed by atoms with Crippen LogP contribution < -0.4 is 0 Å². The maximum atomic E-state index is 11.1. The van der Waals surface area contributed by atoms with E-state index in [1.54, 1.807) is 0 Å². The molecule has 1 heterocycles. The van der Waals surface area contributed by atoms with E-state index in [1.807, 2.05) is 18.2 Å². The van der Waals surface area contributed by atoms with Gasteiger partial charge in [0, 0.05) is 19.7 Å². The highest BCUT2D eigenvalue weighted by molar-refractivity contribution is 5.65. The van der Waals surface area contributed by atoms with Gasteiger partial charge in [-0.3, -0.25) is 0 Å². The summed E-state index contributed by atoms with van der Waals surface area (Å²) >= 11 is 0. The lowest BCUT2D eigenvalue weighted by Crippen LogP contribution is -2.48. The molecule has 2 unspecified atom stereocenters. The van der Waals surface area contributed by atoms with Crippen molar-refractivity contribution in [2.24, 2.45) is 5.92 Å². The van der Waals surface area contributed by atoms with E-state index in [9.17, 15) is 15.0 Å². The number of hydrogen-bond donors (Lipinski definition) is 3. The monoisotopic (exact) mass is 305 g/mol. The summed E-state index contributed by atoms with van der Waals surface area (Å²) in [5, 5.41) is 29.0. The number of carbonyl (C=O) groups is 1. The van der Waals surface area contributed by atoms with Crippen LogP contribution >= 0.6 is 0 Å². The van der Waals surface area contributed by atoms with Crippen molar-refractivity contribution in [3.05, 3.63) is 35.4 Å². The van der Waals surface area contributed by atoms with Crippen molar-refractivity contribution in [3.8, 4) is 0 Å². The molecule has 1 spiro atoms. The molecule has 1 aromatic carbocycles. The fourth-order valence-electron chi connectivity index (χ4n) is 4.24. The van der Waals surface area contributed by atoms with E-state index in [0.29, 0.717) is 19.5 Å². The van der Waals surface area contributed by atoms with Crippen molar-refractivity contribution in [1.29, 1.82) is 0 Å². The largest absolute Gasteiger partial charge is 0.465 e. The van der Waals surface area contributed by atoms with Crippen LogP contribution in [0.25, 0.3) is 0 Å². The molecule has 2 atom stereocenters. The predicted octanol–water partition coefficient (Wildman–Crippen LogP) is 2.13. The van der Waals surface area contributed by atoms with Crippen LogP contribution in [0.15, 0.2) is 24.3 Å². The molecule has 0 radical (unpaired) electrons. The fraction of sp³-hybridized carbons (Fsp3) is 0.588. The number of likely N-dealkylation sites (tertiary alicyclic amines) is 1. The van der Waals surface area contributed by atoms with Crippen LogP contribution in [0.2, 0.25) is 0 Å². The van der Waals surface area contributed by atoms with E-state index in [-0.39, 0.29) is 17.9 Å². The summed E-state index contributed by atoms with van der Waals surface area (Å²) in [4.78, 5) is 12.6. The first-order chi connectivity index (χ1) is 10.6. The minimum absolute atomic E-state index is 0.0382. The lowest BCUT2D eigenvalue weighted by molar-refractivity contribution is 0.0335. The van der Waals surface area contributed by atoms with Crippen molar-refractivity contribution in [1.82, 2.24) is 4.90 Å². The molecule has 1 aromatic rings. The molecule has 5 heteroatoms. The average Bonchev–Trinajstić information content (AvgIpc) is 2.53. The van der Waals surface area contributed by atoms with Gasteiger partial charge in [-0.2, -0.15) is 0 Å². The Morgan fingerprint density at radius 2 is 1.95 bits per heavy atom. The van der Waals surface area contributed by atoms with Crippen molar-refractivity contribution in [2.75, 3.05) is 19.7 Å². The number of rotatable bonds is 2. The zero-order chi connectivity index (χ0) is 15.7. The van der Waals surface area contributed by atoms with Gasteiger partial charge in [-0.25, -0.2) is 4.79 Å². The Hall–Kier alpha value is -1.59. The van der Waals surface area contributed by atoms with Gasteiger partial charge >= 0.3 is 6.09 Å². The van der Waals surface area contributed by atoms with Crippen molar-refractivity contribution >= 4 is 6.09 Å². The summed E-state index contributed by atoms with van der Waals surface area (Å²) in [5.74, 6) is 0.0382. The van der Waals surface area contributed by atoms with E-state index >= 15 is 0 Å². The summed E-state index contributed by atoms with van der Waals surface area (Å²) in [5.41, 5.74) is 2.06. The molecule has 2 aliphatic rings. The summed E-state index contributed by atoms with van der Waals surface area (Å²) < 4.78 is 0. The zero-order valence-corrected chi connectivity index (χ0v) is 12.6. The standard InChI is InChI=1S/C17H23NO4/c19-10-5-12-11-17(6-8-18(9-7-17)16(21)22)14-4-2-1-3-13(14)15(12)20/h1-4,12,15,19-20H,5-11H2,(H,21,22). The highest BCUT2D eigenvalue weighted by atomic mass is 16.4. The summed E-state index contributed by atoms with van der Waals surface area (Å²) in [6.45, 7) is 1.14. The van der Waals surface area contributed by atoms with Gasteiger partial charge in [0.15, 0.2) is 0 Å². The number of carboxylic acid groups (broad SMARTS) is 1. The topological polar surface area (TPSA) is 81.0 Å². The average molecular weight is 305 g/mol. The normalized spacial score (nSPS) is 26.7. The molecule has 1 fully saturated rings. The zero-order valence-electron chi connectivity index (χ0n) is 12.6. The summed E-state index contributed by atoms with van der Waals surface area (Å²) in [6.07, 6.45) is 1.58. The van der Waals surface area contributed by atoms with Gasteiger partial charge < -0.3 is 20.2 Å². The Balaban J connectivity index is 1.93. The summed E-state index contributed by atoms with van der Waals surface area (Å²) in [7, 11) is 0. The van der Waals surface area contributed by atoms with Crippen LogP contribution in [0, 0.1) is 5.92 Å². The minimum atomic E-state index is -0.856. The van der Waals surface area contributed by atoms with Gasteiger partial charge in [-0.15, -0.1) is 0 Å². The van der Waals surface area contributed by atoms with Gasteiger partial charge in [0.1, 0.15) is 0 Å². The number of hydrogen-bond acceptors (Lipinski definition) is 3. The number of fused-ring (bicyclic) bond motifs is 2. The lowest BCUT2D eigenvalue weighted by Gasteiger charge is -2.48. The molecule has 0 bridgehead atoms. The molecule has 22 heavy (non-hydrogen) atoms. The Bertz CT molecular complexity index is 551. The van der Waals surface area contributed by atoms with Gasteiger partial charge in [-0.05, 0) is 48.1 Å². The third kappa shape index (κ3) is 2.48. The number of amides is 1. The molecular weight excluding hydrogens is 282 g/mol. The number of aliphatic hydroxyl groups excluding tert-OH is 2. The first-order valence-electron chi connectivity index (χ1n) is 7.93. The lowest BCUT2D eigenvalue weighted by atomic mass is 9.60. The smallest absolute Gasteiger partial charge is 0.407 e. The van der Waals surface area contributed by atoms with Gasteiger partial charge in [-0.1, -0.05) is 24.3 Å². The van der Waals surface area contributed by atoms with E-state index in [0.717, 1.165) is 24.8 Å². The van der Waals surface area contributed by atoms with Crippen molar-refractivity contribution < 1.29 is 20.1 Å². The van der Waals surface area contributed by atoms with Crippen LogP contribution in [0.5, 0.6) is 0 Å². The van der Waals surface area contributed by atoms with Gasteiger partial charge in [0.25, 0.3) is 0 Å². The Labute approximate surface area is 130 Å². The quantitative estimate of drug-likeness (QED) is 0.782. The fourth-order valence-corrected chi connectivity index (χ4v) is 4.24. The van der Waals surface area contributed by atoms with Crippen LogP contribution in [-0.4, -0.2) is 46.0 Å². The molecule has 1 aliphatic heterocycles. The Kier molecular flexibility index (Phi) is 4.10. The molecule has 3 rings (SSSR count). The van der Waals surface area contributed by atoms with E-state index in [1.165, 1.54) is 10.5 Å². The first kappa shape index (κ1) is 15.3. The highest BCUT2D eigenvalue weighted by Crippen LogP contribution is 2.51. The molecule has 1 saturated heterocycles. The van der Waals surface area contributed by atoms with Crippen LogP contribution in [0.1, 0.15) is 42.9 Å². The van der Waals surface area contributed by atoms with Crippen LogP contribution in [-0.2, 0) is 5.41 Å². The molecular formula is C17H23NO4. The minimum Gasteiger partial charge on any atom is -0.465 e. The number of nitrogens with zero attached hydrogens (tertiary/aromatic N) is 1. The second kappa shape index (κ2) is 5.89. The summed E-state index contributed by atoms with van der Waals surface area (Å²) in [6, 6.07) is 7.96. The SMILES string of the molecule is O=C(O)N1CCC2(CC1)CC(CCO)C(O)c1ccccc12. The molecule has 0 aromatic heterocycles. The van der Waals surface area contributed by atoms with Crippen LogP contribution in [0.4, 0.5) is 4.79 Å². The number of benzene rings is 1. The maximum Gasteiger partial charge on any atom is 0.407 e. The molecule has 3 N–H and O–H groups in total. The number of aliphatic hydroxyl groups is 2. The number of piperidine rings is 1. The van der Waals surface area contributed by atoms with Crippen molar-refractivity contribution in [2.45, 2.75) is 37.2 Å². The third-order valence-electron chi connectivity index (χ3n) is 5.44. The molecule has 1 amide bonds. The van der Waals surface area contributed by atoms with Gasteiger partial charge in [0.2, 0.25) is 0 Å². The van der Waals surface area contributed by atoms with E-state index in [2.05, 4.69) is 6.07 Å². The molecule has 120 valence electrons. The Morgan fingerprint density at radius 3 is 2.59 bits per heavy atom. The van der Waals surface area contributed by atoms with E-state index in [4.69, 9.17) is 5.11 Å². The van der Waals surface area contributed by atoms with Crippen molar-refractivity contribution in [3.63, 3.8) is 0 Å². The maximum absolute atomic E-state index is 11.1. The van der Waals surface area contributed by atoms with Gasteiger partial charge in [0.05, 0.1) is 6.10 Å². The third-order valence-corrected chi connectivity index (χ3v) is 5.44. The molecule has 1 aliphatic carbocycles. The first-order valence-corrected chi connectivity index (χ1v) is 7.93. The predicted molar refractivity (Wildman–Crippen MR) is 81.7 cm³/mol.